The lowest BCUT2D eigenvalue weighted by atomic mass is 10.0. The van der Waals surface area contributed by atoms with Crippen molar-refractivity contribution in [2.24, 2.45) is 0 Å². The van der Waals surface area contributed by atoms with E-state index in [2.05, 4.69) is 19.2 Å². The van der Waals surface area contributed by atoms with Crippen molar-refractivity contribution in [2.75, 3.05) is 24.5 Å². The van der Waals surface area contributed by atoms with Gasteiger partial charge in [-0.3, -0.25) is 9.69 Å². The van der Waals surface area contributed by atoms with Crippen LogP contribution in [0.4, 0.5) is 19.3 Å². The van der Waals surface area contributed by atoms with E-state index in [0.717, 1.165) is 17.8 Å². The highest BCUT2D eigenvalue weighted by atomic mass is 19.1. The lowest BCUT2D eigenvalue weighted by Gasteiger charge is -2.19. The molecular weight excluding hydrogens is 364 g/mol. The van der Waals surface area contributed by atoms with Gasteiger partial charge in [-0.15, -0.1) is 0 Å². The van der Waals surface area contributed by atoms with Crippen molar-refractivity contribution in [1.82, 2.24) is 10.2 Å². The Hall–Kier alpha value is -2.96. The van der Waals surface area contributed by atoms with Crippen molar-refractivity contribution in [3.05, 3.63) is 65.2 Å². The number of hydrogen-bond donors (Lipinski definition) is 1. The predicted molar refractivity (Wildman–Crippen MR) is 103 cm³/mol. The number of rotatable bonds is 6. The Morgan fingerprint density at radius 2 is 1.82 bits per heavy atom. The number of carbonyl (C=O) groups excluding carboxylic acids is 2. The van der Waals surface area contributed by atoms with Gasteiger partial charge in [0.25, 0.3) is 0 Å². The smallest absolute Gasteiger partial charge is 0.325 e. The number of amides is 3. The fraction of sp³-hybridized carbons (Fsp3) is 0.333. The van der Waals surface area contributed by atoms with Crippen LogP contribution in [-0.2, 0) is 11.3 Å². The molecule has 3 rings (SSSR count). The summed E-state index contributed by atoms with van der Waals surface area (Å²) in [5.74, 6) is -1.37. The van der Waals surface area contributed by atoms with E-state index in [1.807, 2.05) is 24.3 Å². The van der Waals surface area contributed by atoms with Crippen LogP contribution in [0.3, 0.4) is 0 Å². The van der Waals surface area contributed by atoms with Gasteiger partial charge in [0.05, 0.1) is 0 Å². The van der Waals surface area contributed by atoms with Gasteiger partial charge in [0.2, 0.25) is 5.91 Å². The van der Waals surface area contributed by atoms with Gasteiger partial charge >= 0.3 is 6.03 Å². The van der Waals surface area contributed by atoms with Crippen LogP contribution in [-0.4, -0.2) is 36.5 Å². The van der Waals surface area contributed by atoms with E-state index in [1.165, 1.54) is 16.5 Å². The van der Waals surface area contributed by atoms with Gasteiger partial charge in [0.1, 0.15) is 18.2 Å². The Balaban J connectivity index is 1.55. The van der Waals surface area contributed by atoms with E-state index in [1.54, 1.807) is 4.90 Å². The molecule has 2 aromatic rings. The van der Waals surface area contributed by atoms with Gasteiger partial charge in [-0.05, 0) is 29.7 Å². The Morgan fingerprint density at radius 3 is 2.46 bits per heavy atom. The molecule has 0 aliphatic carbocycles. The standard InChI is InChI=1S/C21H23F2N3O2/c1-14(2)15-4-7-18(8-5-15)26-10-9-25(21(26)28)13-20(27)24-12-16-3-6-17(22)11-19(16)23/h3-8,11,14H,9-10,12-13H2,1-2H3,(H,24,27). The lowest BCUT2D eigenvalue weighted by molar-refractivity contribution is -0.121. The molecule has 2 aromatic carbocycles. The second kappa shape index (κ2) is 8.37. The van der Waals surface area contributed by atoms with Gasteiger partial charge in [0.15, 0.2) is 0 Å². The van der Waals surface area contributed by atoms with E-state index in [4.69, 9.17) is 0 Å². The third-order valence-corrected chi connectivity index (χ3v) is 4.79. The molecule has 1 aliphatic rings. The summed E-state index contributed by atoms with van der Waals surface area (Å²) in [6.07, 6.45) is 0. The molecule has 0 unspecified atom stereocenters. The minimum atomic E-state index is -0.714. The number of halogens is 2. The maximum atomic E-state index is 13.6. The number of nitrogens with zero attached hydrogens (tertiary/aromatic N) is 2. The second-order valence-electron chi connectivity index (χ2n) is 7.11. The van der Waals surface area contributed by atoms with Crippen LogP contribution < -0.4 is 10.2 Å². The zero-order valence-electron chi connectivity index (χ0n) is 15.9. The highest BCUT2D eigenvalue weighted by molar-refractivity contribution is 5.96. The van der Waals surface area contributed by atoms with Gasteiger partial charge in [0, 0.05) is 37.0 Å². The Labute approximate surface area is 162 Å². The average Bonchev–Trinajstić information content (AvgIpc) is 3.01. The van der Waals surface area contributed by atoms with E-state index in [-0.39, 0.29) is 24.7 Å². The minimum Gasteiger partial charge on any atom is -0.350 e. The molecule has 0 bridgehead atoms. The normalized spacial score (nSPS) is 14.1. The largest absolute Gasteiger partial charge is 0.350 e. The van der Waals surface area contributed by atoms with Crippen LogP contribution in [0.5, 0.6) is 0 Å². The molecule has 1 heterocycles. The SMILES string of the molecule is CC(C)c1ccc(N2CCN(CC(=O)NCc3ccc(F)cc3F)C2=O)cc1. The number of nitrogens with one attached hydrogen (secondary N) is 1. The summed E-state index contributed by atoms with van der Waals surface area (Å²) in [5, 5.41) is 2.57. The lowest BCUT2D eigenvalue weighted by Crippen LogP contribution is -2.39. The van der Waals surface area contributed by atoms with E-state index >= 15 is 0 Å². The summed E-state index contributed by atoms with van der Waals surface area (Å²) in [6.45, 7) is 4.97. The van der Waals surface area contributed by atoms with Crippen molar-refractivity contribution in [3.8, 4) is 0 Å². The van der Waals surface area contributed by atoms with Crippen molar-refractivity contribution in [3.63, 3.8) is 0 Å². The molecule has 0 saturated carbocycles. The first-order chi connectivity index (χ1) is 13.3. The van der Waals surface area contributed by atoms with Crippen molar-refractivity contribution < 1.29 is 18.4 Å². The number of anilines is 1. The maximum Gasteiger partial charge on any atom is 0.325 e. The predicted octanol–water partition coefficient (Wildman–Crippen LogP) is 3.65. The molecule has 0 aromatic heterocycles. The fourth-order valence-electron chi connectivity index (χ4n) is 3.10. The topological polar surface area (TPSA) is 52.6 Å². The Bertz CT molecular complexity index is 868. The fourth-order valence-corrected chi connectivity index (χ4v) is 3.10. The van der Waals surface area contributed by atoms with Crippen molar-refractivity contribution in [2.45, 2.75) is 26.3 Å². The van der Waals surface area contributed by atoms with Crippen LogP contribution in [0, 0.1) is 11.6 Å². The van der Waals surface area contributed by atoms with E-state index in [9.17, 15) is 18.4 Å². The Kier molecular flexibility index (Phi) is 5.92. The summed E-state index contributed by atoms with van der Waals surface area (Å²) in [6, 6.07) is 10.8. The number of benzene rings is 2. The molecule has 0 atom stereocenters. The molecule has 0 radical (unpaired) electrons. The van der Waals surface area contributed by atoms with Crippen LogP contribution in [0.1, 0.15) is 30.9 Å². The van der Waals surface area contributed by atoms with Crippen LogP contribution >= 0.6 is 0 Å². The average molecular weight is 387 g/mol. The van der Waals surface area contributed by atoms with Gasteiger partial charge in [-0.25, -0.2) is 13.6 Å². The molecule has 1 N–H and O–H groups in total. The van der Waals surface area contributed by atoms with Crippen LogP contribution in [0.25, 0.3) is 0 Å². The van der Waals surface area contributed by atoms with E-state index in [0.29, 0.717) is 19.0 Å². The first-order valence-corrected chi connectivity index (χ1v) is 9.22. The molecule has 7 heteroatoms. The summed E-state index contributed by atoms with van der Waals surface area (Å²) in [7, 11) is 0. The molecule has 1 fully saturated rings. The zero-order valence-corrected chi connectivity index (χ0v) is 15.9. The zero-order chi connectivity index (χ0) is 20.3. The van der Waals surface area contributed by atoms with Gasteiger partial charge in [-0.2, -0.15) is 0 Å². The highest BCUT2D eigenvalue weighted by Crippen LogP contribution is 2.23. The first kappa shape index (κ1) is 19.8. The second-order valence-corrected chi connectivity index (χ2v) is 7.11. The number of hydrogen-bond acceptors (Lipinski definition) is 2. The number of urea groups is 1. The highest BCUT2D eigenvalue weighted by Gasteiger charge is 2.30. The maximum absolute atomic E-state index is 13.6. The van der Waals surface area contributed by atoms with Gasteiger partial charge in [-0.1, -0.05) is 32.0 Å². The van der Waals surface area contributed by atoms with E-state index < -0.39 is 17.5 Å². The molecule has 148 valence electrons. The first-order valence-electron chi connectivity index (χ1n) is 9.22. The van der Waals surface area contributed by atoms with Gasteiger partial charge < -0.3 is 10.2 Å². The monoisotopic (exact) mass is 387 g/mol. The molecule has 0 spiro atoms. The quantitative estimate of drug-likeness (QED) is 0.823. The third kappa shape index (κ3) is 4.47. The molecule has 3 amide bonds. The molecule has 1 aliphatic heterocycles. The summed E-state index contributed by atoms with van der Waals surface area (Å²) in [4.78, 5) is 27.8. The van der Waals surface area contributed by atoms with Crippen molar-refractivity contribution >= 4 is 17.6 Å². The summed E-state index contributed by atoms with van der Waals surface area (Å²) >= 11 is 0. The van der Waals surface area contributed by atoms with Crippen molar-refractivity contribution in [1.29, 1.82) is 0 Å². The third-order valence-electron chi connectivity index (χ3n) is 4.79. The molecule has 1 saturated heterocycles. The van der Waals surface area contributed by atoms with Crippen LogP contribution in [0.15, 0.2) is 42.5 Å². The number of carbonyl (C=O) groups is 2. The molecule has 5 nitrogen and oxygen atoms in total. The summed E-state index contributed by atoms with van der Waals surface area (Å²) < 4.78 is 26.5. The molecular formula is C21H23F2N3O2. The minimum absolute atomic E-state index is 0.0621. The Morgan fingerprint density at radius 1 is 1.11 bits per heavy atom. The van der Waals surface area contributed by atoms with Crippen LogP contribution in [0.2, 0.25) is 0 Å². The molecule has 28 heavy (non-hydrogen) atoms. The summed E-state index contributed by atoms with van der Waals surface area (Å²) in [5.41, 5.74) is 2.18.